The maximum Gasteiger partial charge on any atom is 0.253 e. The fourth-order valence-corrected chi connectivity index (χ4v) is 7.52. The number of fused-ring (bicyclic) bond motifs is 2. The summed E-state index contributed by atoms with van der Waals surface area (Å²) in [5, 5.41) is 6.77. The van der Waals surface area contributed by atoms with E-state index in [1.54, 1.807) is 28.3 Å². The van der Waals surface area contributed by atoms with Crippen molar-refractivity contribution in [3.63, 3.8) is 0 Å². The van der Waals surface area contributed by atoms with Crippen molar-refractivity contribution < 1.29 is 19.2 Å². The van der Waals surface area contributed by atoms with Crippen LogP contribution in [-0.4, -0.2) is 83.2 Å². The summed E-state index contributed by atoms with van der Waals surface area (Å²) in [6.45, 7) is 3.55. The molecule has 53 heavy (non-hydrogen) atoms. The van der Waals surface area contributed by atoms with Gasteiger partial charge in [-0.2, -0.15) is 0 Å². The van der Waals surface area contributed by atoms with E-state index in [-0.39, 0.29) is 55.0 Å². The minimum Gasteiger partial charge on any atom is -0.361 e. The molecule has 0 radical (unpaired) electrons. The smallest absolute Gasteiger partial charge is 0.253 e. The van der Waals surface area contributed by atoms with Gasteiger partial charge in [0.15, 0.2) is 0 Å². The number of carbonyl (C=O) groups excluding carboxylic acids is 4. The number of H-pyrrole nitrogens is 1. The molecule has 0 saturated carbocycles. The second-order valence-corrected chi connectivity index (χ2v) is 14.1. The van der Waals surface area contributed by atoms with E-state index in [0.29, 0.717) is 30.2 Å². The maximum atomic E-state index is 13.6. The minimum absolute atomic E-state index is 0.0798. The van der Waals surface area contributed by atoms with Gasteiger partial charge in [-0.05, 0) is 70.8 Å². The largest absolute Gasteiger partial charge is 0.361 e. The van der Waals surface area contributed by atoms with E-state index in [1.807, 2.05) is 54.7 Å². The van der Waals surface area contributed by atoms with Gasteiger partial charge in [-0.25, -0.2) is 0 Å². The lowest BCUT2D eigenvalue weighted by atomic mass is 9.79. The van der Waals surface area contributed by atoms with Gasteiger partial charge >= 0.3 is 0 Å². The van der Waals surface area contributed by atoms with Crippen molar-refractivity contribution in [2.75, 3.05) is 39.8 Å². The average Bonchev–Trinajstić information content (AvgIpc) is 3.81. The molecule has 4 heterocycles. The predicted molar refractivity (Wildman–Crippen MR) is 207 cm³/mol. The SMILES string of the molecule is CCCc1ccccc1.CNC(=O)CNC(=O)C1CN(C(=O)Cc2c[nH]c3cc(Cl)ccc23)CC2CN(C(=O)c3ccc(-c4cccnc4)cc3)CC21. The summed E-state index contributed by atoms with van der Waals surface area (Å²) in [5.41, 5.74) is 5.63. The number of likely N-dealkylation sites (tertiary alicyclic amines) is 2. The van der Waals surface area contributed by atoms with Crippen LogP contribution in [0.15, 0.2) is 104 Å². The molecule has 3 aromatic carbocycles. The Labute approximate surface area is 314 Å². The number of hydrogen-bond acceptors (Lipinski definition) is 5. The zero-order valence-electron chi connectivity index (χ0n) is 30.1. The number of piperidine rings is 1. The molecule has 2 saturated heterocycles. The minimum atomic E-state index is -0.560. The lowest BCUT2D eigenvalue weighted by molar-refractivity contribution is -0.139. The standard InChI is InChI=1S/C33H33ClN6O4.C9H12/c1-35-30(41)15-38-32(43)28-19-39(31(42)11-23-14-37-29-12-25(34)8-9-26(23)29)16-24-17-40(18-27(24)28)33(44)21-6-4-20(5-7-21)22-3-2-10-36-13-22;1-2-6-9-7-4-3-5-8-9/h2-10,12-14,24,27-28,37H,11,15-19H2,1H3,(H,35,41)(H,38,43);3-5,7-8H,2,6H2,1H3. The van der Waals surface area contributed by atoms with Gasteiger partial charge < -0.3 is 25.4 Å². The van der Waals surface area contributed by atoms with E-state index in [4.69, 9.17) is 11.6 Å². The second-order valence-electron chi connectivity index (χ2n) is 13.7. The Morgan fingerprint density at radius 1 is 0.887 bits per heavy atom. The first-order chi connectivity index (χ1) is 25.7. The van der Waals surface area contributed by atoms with Crippen LogP contribution in [0.2, 0.25) is 5.02 Å². The van der Waals surface area contributed by atoms with Gasteiger partial charge in [0.25, 0.3) is 5.91 Å². The summed E-state index contributed by atoms with van der Waals surface area (Å²) in [4.78, 5) is 63.4. The van der Waals surface area contributed by atoms with Crippen LogP contribution in [0.1, 0.15) is 34.8 Å². The molecule has 7 rings (SSSR count). The molecular formula is C42H45ClN6O4. The molecule has 2 aliphatic rings. The quantitative estimate of drug-likeness (QED) is 0.177. The highest BCUT2D eigenvalue weighted by molar-refractivity contribution is 6.31. The first-order valence-corrected chi connectivity index (χ1v) is 18.5. The highest BCUT2D eigenvalue weighted by atomic mass is 35.5. The van der Waals surface area contributed by atoms with Gasteiger partial charge in [-0.1, -0.05) is 79.5 Å². The number of hydrogen-bond donors (Lipinski definition) is 3. The normalized spacial score (nSPS) is 17.8. The summed E-state index contributed by atoms with van der Waals surface area (Å²) in [5.74, 6) is -1.60. The van der Waals surface area contributed by atoms with Gasteiger partial charge in [0.2, 0.25) is 17.7 Å². The molecular weight excluding hydrogens is 688 g/mol. The average molecular weight is 733 g/mol. The van der Waals surface area contributed by atoms with Crippen LogP contribution in [0.5, 0.6) is 0 Å². The third kappa shape index (κ3) is 9.13. The van der Waals surface area contributed by atoms with E-state index in [2.05, 4.69) is 57.9 Å². The van der Waals surface area contributed by atoms with Gasteiger partial charge in [0, 0.05) is 73.3 Å². The first kappa shape index (κ1) is 37.3. The third-order valence-electron chi connectivity index (χ3n) is 10.1. The highest BCUT2D eigenvalue weighted by Crippen LogP contribution is 2.37. The number of carbonyl (C=O) groups is 4. The Balaban J connectivity index is 0.000000468. The van der Waals surface area contributed by atoms with Crippen molar-refractivity contribution in [2.45, 2.75) is 26.2 Å². The number of aromatic nitrogens is 2. The monoisotopic (exact) mass is 732 g/mol. The number of nitrogens with one attached hydrogen (secondary N) is 3. The molecule has 0 aliphatic carbocycles. The molecule has 2 aromatic heterocycles. The number of aromatic amines is 1. The van der Waals surface area contributed by atoms with Crippen molar-refractivity contribution in [1.29, 1.82) is 0 Å². The number of halogens is 1. The molecule has 3 N–H and O–H groups in total. The predicted octanol–water partition coefficient (Wildman–Crippen LogP) is 5.77. The second kappa shape index (κ2) is 17.4. The fourth-order valence-electron chi connectivity index (χ4n) is 7.34. The zero-order valence-corrected chi connectivity index (χ0v) is 30.8. The molecule has 4 amide bonds. The fraction of sp³-hybridized carbons (Fsp3) is 0.310. The van der Waals surface area contributed by atoms with E-state index >= 15 is 0 Å². The maximum absolute atomic E-state index is 13.6. The molecule has 2 fully saturated rings. The van der Waals surface area contributed by atoms with E-state index < -0.39 is 5.92 Å². The van der Waals surface area contributed by atoms with Crippen LogP contribution < -0.4 is 10.6 Å². The van der Waals surface area contributed by atoms with Gasteiger partial charge in [0.05, 0.1) is 18.9 Å². The van der Waals surface area contributed by atoms with Gasteiger partial charge in [-0.15, -0.1) is 0 Å². The molecule has 3 atom stereocenters. The summed E-state index contributed by atoms with van der Waals surface area (Å²) < 4.78 is 0. The number of likely N-dealkylation sites (N-methyl/N-ethyl adjacent to an activating group) is 1. The Bertz CT molecular complexity index is 2040. The Morgan fingerprint density at radius 3 is 2.38 bits per heavy atom. The zero-order chi connectivity index (χ0) is 37.3. The number of pyridine rings is 1. The third-order valence-corrected chi connectivity index (χ3v) is 10.4. The first-order valence-electron chi connectivity index (χ1n) is 18.1. The molecule has 274 valence electrons. The molecule has 5 aromatic rings. The number of nitrogens with zero attached hydrogens (tertiary/aromatic N) is 3. The van der Waals surface area contributed by atoms with Gasteiger partial charge in [-0.3, -0.25) is 24.2 Å². The van der Waals surface area contributed by atoms with Crippen molar-refractivity contribution in [2.24, 2.45) is 17.8 Å². The van der Waals surface area contributed by atoms with Crippen molar-refractivity contribution >= 4 is 46.1 Å². The van der Waals surface area contributed by atoms with Crippen LogP contribution in [0.4, 0.5) is 0 Å². The molecule has 0 bridgehead atoms. The van der Waals surface area contributed by atoms with Crippen molar-refractivity contribution in [1.82, 2.24) is 30.4 Å². The van der Waals surface area contributed by atoms with Gasteiger partial charge in [0.1, 0.15) is 0 Å². The van der Waals surface area contributed by atoms with Crippen LogP contribution in [0.25, 0.3) is 22.0 Å². The summed E-state index contributed by atoms with van der Waals surface area (Å²) in [7, 11) is 1.51. The topological polar surface area (TPSA) is 128 Å². The van der Waals surface area contributed by atoms with Crippen LogP contribution in [-0.2, 0) is 27.2 Å². The lowest BCUT2D eigenvalue weighted by Crippen LogP contribution is -2.54. The number of amides is 4. The van der Waals surface area contributed by atoms with E-state index in [1.165, 1.54) is 25.5 Å². The Kier molecular flexibility index (Phi) is 12.2. The summed E-state index contributed by atoms with van der Waals surface area (Å²) in [6.07, 6.45) is 7.92. The van der Waals surface area contributed by atoms with Crippen molar-refractivity contribution in [3.8, 4) is 11.1 Å². The highest BCUT2D eigenvalue weighted by Gasteiger charge is 2.47. The molecule has 0 spiro atoms. The van der Waals surface area contributed by atoms with Crippen LogP contribution in [0, 0.1) is 17.8 Å². The van der Waals surface area contributed by atoms with E-state index in [0.717, 1.165) is 27.6 Å². The lowest BCUT2D eigenvalue weighted by Gasteiger charge is -2.39. The number of benzene rings is 3. The summed E-state index contributed by atoms with van der Waals surface area (Å²) >= 11 is 6.12. The number of rotatable bonds is 9. The van der Waals surface area contributed by atoms with E-state index in [9.17, 15) is 19.2 Å². The Morgan fingerprint density at radius 2 is 1.66 bits per heavy atom. The molecule has 2 aliphatic heterocycles. The molecule has 11 heteroatoms. The summed E-state index contributed by atoms with van der Waals surface area (Å²) in [6, 6.07) is 27.3. The Hall–Kier alpha value is -5.48. The van der Waals surface area contributed by atoms with Crippen LogP contribution >= 0.6 is 11.6 Å². The van der Waals surface area contributed by atoms with Crippen molar-refractivity contribution in [3.05, 3.63) is 125 Å². The molecule has 10 nitrogen and oxygen atoms in total. The van der Waals surface area contributed by atoms with Crippen LogP contribution in [0.3, 0.4) is 0 Å². The number of aryl methyl sites for hydroxylation is 1. The molecule has 3 unspecified atom stereocenters.